The molecule has 0 radical (unpaired) electrons. The van der Waals surface area contributed by atoms with Gasteiger partial charge in [-0.2, -0.15) is 5.10 Å². The fraction of sp³-hybridized carbons (Fsp3) is 0.250. The Bertz CT molecular complexity index is 687. The largest absolute Gasteiger partial charge is 0.497 e. The number of aryl methyl sites for hydroxylation is 2. The van der Waals surface area contributed by atoms with Crippen molar-refractivity contribution < 1.29 is 14.3 Å². The van der Waals surface area contributed by atoms with Crippen LogP contribution in [0.5, 0.6) is 11.5 Å². The highest BCUT2D eigenvalue weighted by molar-refractivity contribution is 6.08. The van der Waals surface area contributed by atoms with Crippen molar-refractivity contribution in [2.24, 2.45) is 7.05 Å². The molecule has 0 aliphatic heterocycles. The van der Waals surface area contributed by atoms with Gasteiger partial charge in [-0.15, -0.1) is 0 Å². The van der Waals surface area contributed by atoms with Crippen LogP contribution < -0.4 is 9.47 Å². The molecule has 0 saturated carbocycles. The van der Waals surface area contributed by atoms with Gasteiger partial charge in [0.25, 0.3) is 0 Å². The standard InChI is InChI=1S/C16H18N2O3/c1-11-12(10-18(2)17-11)5-7-15(19)14-9-13(20-3)6-8-16(14)21-4/h5-10H,1-4H3/b7-5-. The molecule has 5 nitrogen and oxygen atoms in total. The van der Waals surface area contributed by atoms with Gasteiger partial charge in [0, 0.05) is 18.8 Å². The van der Waals surface area contributed by atoms with Crippen LogP contribution in [-0.2, 0) is 7.05 Å². The van der Waals surface area contributed by atoms with E-state index in [0.29, 0.717) is 17.1 Å². The van der Waals surface area contributed by atoms with Crippen LogP contribution in [0.25, 0.3) is 6.08 Å². The van der Waals surface area contributed by atoms with Crippen molar-refractivity contribution in [3.8, 4) is 11.5 Å². The van der Waals surface area contributed by atoms with Gasteiger partial charge in [0.1, 0.15) is 11.5 Å². The summed E-state index contributed by atoms with van der Waals surface area (Å²) in [7, 11) is 4.94. The van der Waals surface area contributed by atoms with E-state index in [1.54, 1.807) is 36.1 Å². The molecule has 0 bridgehead atoms. The van der Waals surface area contributed by atoms with Gasteiger partial charge in [-0.1, -0.05) is 0 Å². The Hall–Kier alpha value is -2.56. The fourth-order valence-electron chi connectivity index (χ4n) is 2.04. The van der Waals surface area contributed by atoms with Crippen molar-refractivity contribution in [2.45, 2.75) is 6.92 Å². The highest BCUT2D eigenvalue weighted by atomic mass is 16.5. The number of ether oxygens (including phenoxy) is 2. The van der Waals surface area contributed by atoms with Gasteiger partial charge in [0.15, 0.2) is 5.78 Å². The Morgan fingerprint density at radius 2 is 2.05 bits per heavy atom. The van der Waals surface area contributed by atoms with Crippen molar-refractivity contribution >= 4 is 11.9 Å². The second kappa shape index (κ2) is 6.26. The first-order chi connectivity index (χ1) is 10.0. The molecule has 0 spiro atoms. The molecular weight excluding hydrogens is 268 g/mol. The second-order valence-electron chi connectivity index (χ2n) is 4.61. The molecule has 0 aliphatic carbocycles. The molecule has 0 atom stereocenters. The summed E-state index contributed by atoms with van der Waals surface area (Å²) in [5.41, 5.74) is 2.25. The molecule has 0 aliphatic rings. The van der Waals surface area contributed by atoms with Crippen LogP contribution in [0.2, 0.25) is 0 Å². The number of allylic oxidation sites excluding steroid dienone is 1. The number of rotatable bonds is 5. The minimum atomic E-state index is -0.144. The fourth-order valence-corrected chi connectivity index (χ4v) is 2.04. The van der Waals surface area contributed by atoms with Gasteiger partial charge in [0.05, 0.1) is 25.5 Å². The van der Waals surface area contributed by atoms with Crippen LogP contribution in [-0.4, -0.2) is 29.8 Å². The van der Waals surface area contributed by atoms with E-state index in [9.17, 15) is 4.79 Å². The summed E-state index contributed by atoms with van der Waals surface area (Å²) < 4.78 is 12.1. The molecule has 1 heterocycles. The van der Waals surface area contributed by atoms with E-state index in [1.807, 2.05) is 20.2 Å². The molecule has 0 saturated heterocycles. The summed E-state index contributed by atoms with van der Waals surface area (Å²) in [5, 5.41) is 4.23. The number of carbonyl (C=O) groups excluding carboxylic acids is 1. The van der Waals surface area contributed by atoms with Crippen LogP contribution in [0.15, 0.2) is 30.5 Å². The molecule has 0 N–H and O–H groups in total. The number of hydrogen-bond donors (Lipinski definition) is 0. The molecule has 0 unspecified atom stereocenters. The molecule has 1 aromatic carbocycles. The molecule has 0 fully saturated rings. The summed E-state index contributed by atoms with van der Waals surface area (Å²) in [6.45, 7) is 1.90. The average Bonchev–Trinajstić information content (AvgIpc) is 2.81. The van der Waals surface area contributed by atoms with E-state index in [2.05, 4.69) is 5.10 Å². The number of benzene rings is 1. The normalized spacial score (nSPS) is 10.9. The molecule has 0 amide bonds. The Kier molecular flexibility index (Phi) is 4.42. The van der Waals surface area contributed by atoms with E-state index in [1.165, 1.54) is 13.2 Å². The van der Waals surface area contributed by atoms with Gasteiger partial charge in [0.2, 0.25) is 0 Å². The van der Waals surface area contributed by atoms with Gasteiger partial charge < -0.3 is 9.47 Å². The lowest BCUT2D eigenvalue weighted by Gasteiger charge is -2.07. The van der Waals surface area contributed by atoms with E-state index in [0.717, 1.165) is 11.3 Å². The summed E-state index contributed by atoms with van der Waals surface area (Å²) in [6.07, 6.45) is 5.13. The average molecular weight is 286 g/mol. The number of ketones is 1. The highest BCUT2D eigenvalue weighted by Crippen LogP contribution is 2.25. The van der Waals surface area contributed by atoms with Gasteiger partial charge in [-0.25, -0.2) is 0 Å². The zero-order valence-electron chi connectivity index (χ0n) is 12.6. The van der Waals surface area contributed by atoms with Gasteiger partial charge >= 0.3 is 0 Å². The Morgan fingerprint density at radius 1 is 1.29 bits per heavy atom. The lowest BCUT2D eigenvalue weighted by molar-refractivity contribution is 0.104. The first kappa shape index (κ1) is 14.8. The molecular formula is C16H18N2O3. The van der Waals surface area contributed by atoms with Crippen molar-refractivity contribution in [3.05, 3.63) is 47.3 Å². The number of hydrogen-bond acceptors (Lipinski definition) is 4. The van der Waals surface area contributed by atoms with Crippen molar-refractivity contribution in [1.82, 2.24) is 9.78 Å². The van der Waals surface area contributed by atoms with E-state index < -0.39 is 0 Å². The van der Waals surface area contributed by atoms with Crippen molar-refractivity contribution in [3.63, 3.8) is 0 Å². The molecule has 5 heteroatoms. The highest BCUT2D eigenvalue weighted by Gasteiger charge is 2.11. The van der Waals surface area contributed by atoms with Crippen LogP contribution in [0, 0.1) is 6.92 Å². The third-order valence-corrected chi connectivity index (χ3v) is 3.14. The number of carbonyl (C=O) groups is 1. The maximum Gasteiger partial charge on any atom is 0.189 e. The topological polar surface area (TPSA) is 53.4 Å². The number of aromatic nitrogens is 2. The second-order valence-corrected chi connectivity index (χ2v) is 4.61. The van der Waals surface area contributed by atoms with Crippen molar-refractivity contribution in [1.29, 1.82) is 0 Å². The molecule has 110 valence electrons. The maximum absolute atomic E-state index is 12.3. The molecule has 2 rings (SSSR count). The summed E-state index contributed by atoms with van der Waals surface area (Å²) in [4.78, 5) is 12.3. The van der Waals surface area contributed by atoms with Crippen LogP contribution in [0.1, 0.15) is 21.6 Å². The minimum Gasteiger partial charge on any atom is -0.497 e. The first-order valence-electron chi connectivity index (χ1n) is 6.50. The number of methoxy groups -OCH3 is 2. The lowest BCUT2D eigenvalue weighted by atomic mass is 10.1. The molecule has 2 aromatic rings. The van der Waals surface area contributed by atoms with E-state index >= 15 is 0 Å². The van der Waals surface area contributed by atoms with E-state index in [-0.39, 0.29) is 5.78 Å². The third kappa shape index (κ3) is 3.31. The van der Waals surface area contributed by atoms with Crippen molar-refractivity contribution in [2.75, 3.05) is 14.2 Å². The summed E-state index contributed by atoms with van der Waals surface area (Å²) in [6, 6.07) is 5.14. The quantitative estimate of drug-likeness (QED) is 0.626. The maximum atomic E-state index is 12.3. The number of nitrogens with zero attached hydrogens (tertiary/aromatic N) is 2. The summed E-state index contributed by atoms with van der Waals surface area (Å²) >= 11 is 0. The smallest absolute Gasteiger partial charge is 0.189 e. The Labute approximate surface area is 123 Å². The molecule has 21 heavy (non-hydrogen) atoms. The minimum absolute atomic E-state index is 0.144. The predicted molar refractivity (Wildman–Crippen MR) is 80.9 cm³/mol. The van der Waals surface area contributed by atoms with Crippen LogP contribution in [0.3, 0.4) is 0 Å². The SMILES string of the molecule is COc1ccc(OC)c(C(=O)/C=C\c2cn(C)nc2C)c1. The van der Waals surface area contributed by atoms with Crippen LogP contribution >= 0.6 is 0 Å². The Balaban J connectivity index is 2.29. The zero-order valence-corrected chi connectivity index (χ0v) is 12.6. The summed E-state index contributed by atoms with van der Waals surface area (Å²) in [5.74, 6) is 0.993. The lowest BCUT2D eigenvalue weighted by Crippen LogP contribution is -1.99. The predicted octanol–water partition coefficient (Wildman–Crippen LogP) is 2.64. The third-order valence-electron chi connectivity index (χ3n) is 3.14. The first-order valence-corrected chi connectivity index (χ1v) is 6.50. The monoisotopic (exact) mass is 286 g/mol. The van der Waals surface area contributed by atoms with Gasteiger partial charge in [-0.3, -0.25) is 9.48 Å². The van der Waals surface area contributed by atoms with E-state index in [4.69, 9.17) is 9.47 Å². The zero-order chi connectivity index (χ0) is 15.4. The Morgan fingerprint density at radius 3 is 2.62 bits per heavy atom. The van der Waals surface area contributed by atoms with Crippen LogP contribution in [0.4, 0.5) is 0 Å². The molecule has 1 aromatic heterocycles. The van der Waals surface area contributed by atoms with Gasteiger partial charge in [-0.05, 0) is 37.3 Å².